The van der Waals surface area contributed by atoms with Crippen LogP contribution in [-0.2, 0) is 4.79 Å². The molecule has 1 N–H and O–H groups in total. The smallest absolute Gasteiger partial charge is 0.233 e. The zero-order chi connectivity index (χ0) is 14.4. The summed E-state index contributed by atoms with van der Waals surface area (Å²) in [5, 5.41) is 2.75. The monoisotopic (exact) mass is 283 g/mol. The van der Waals surface area contributed by atoms with Crippen molar-refractivity contribution in [2.45, 2.75) is 37.0 Å². The molecule has 0 saturated heterocycles. The van der Waals surface area contributed by atoms with Gasteiger partial charge in [0, 0.05) is 10.9 Å². The van der Waals surface area contributed by atoms with Crippen LogP contribution in [0.15, 0.2) is 23.1 Å². The summed E-state index contributed by atoms with van der Waals surface area (Å²) in [6.45, 7) is 5.79. The second-order valence-electron chi connectivity index (χ2n) is 4.44. The summed E-state index contributed by atoms with van der Waals surface area (Å²) in [6.07, 6.45) is 0. The van der Waals surface area contributed by atoms with Gasteiger partial charge < -0.3 is 14.8 Å². The van der Waals surface area contributed by atoms with Gasteiger partial charge >= 0.3 is 0 Å². The third kappa shape index (κ3) is 4.67. The Hall–Kier alpha value is -1.36. The summed E-state index contributed by atoms with van der Waals surface area (Å²) in [5.41, 5.74) is 0. The van der Waals surface area contributed by atoms with Crippen molar-refractivity contribution in [3.63, 3.8) is 0 Å². The van der Waals surface area contributed by atoms with Crippen LogP contribution in [0.1, 0.15) is 20.8 Å². The molecule has 0 aliphatic rings. The van der Waals surface area contributed by atoms with Gasteiger partial charge in [0.25, 0.3) is 0 Å². The quantitative estimate of drug-likeness (QED) is 0.816. The Morgan fingerprint density at radius 2 is 1.79 bits per heavy atom. The van der Waals surface area contributed by atoms with Crippen LogP contribution in [0.2, 0.25) is 0 Å². The predicted octanol–water partition coefficient (Wildman–Crippen LogP) is 2.71. The largest absolute Gasteiger partial charge is 0.493 e. The normalized spacial score (nSPS) is 12.1. The van der Waals surface area contributed by atoms with E-state index in [2.05, 4.69) is 5.32 Å². The average molecular weight is 283 g/mol. The van der Waals surface area contributed by atoms with Crippen molar-refractivity contribution in [3.8, 4) is 11.5 Å². The molecule has 5 heteroatoms. The first kappa shape index (κ1) is 15.7. The Bertz CT molecular complexity index is 435. The lowest BCUT2D eigenvalue weighted by Gasteiger charge is -2.15. The van der Waals surface area contributed by atoms with Crippen molar-refractivity contribution < 1.29 is 14.3 Å². The molecular formula is C14H21NO3S. The Morgan fingerprint density at radius 3 is 2.32 bits per heavy atom. The van der Waals surface area contributed by atoms with Crippen LogP contribution < -0.4 is 14.8 Å². The molecular weight excluding hydrogens is 262 g/mol. The van der Waals surface area contributed by atoms with E-state index < -0.39 is 0 Å². The molecule has 0 aromatic heterocycles. The summed E-state index contributed by atoms with van der Waals surface area (Å²) in [6, 6.07) is 5.79. The van der Waals surface area contributed by atoms with Gasteiger partial charge in [0.15, 0.2) is 11.5 Å². The minimum atomic E-state index is -0.152. The lowest BCUT2D eigenvalue weighted by Crippen LogP contribution is -2.35. The van der Waals surface area contributed by atoms with Crippen LogP contribution in [0.3, 0.4) is 0 Å². The van der Waals surface area contributed by atoms with Crippen molar-refractivity contribution in [1.82, 2.24) is 5.32 Å². The van der Waals surface area contributed by atoms with Gasteiger partial charge in [-0.1, -0.05) is 0 Å². The fourth-order valence-electron chi connectivity index (χ4n) is 1.55. The molecule has 0 spiro atoms. The maximum Gasteiger partial charge on any atom is 0.233 e. The second-order valence-corrected chi connectivity index (χ2v) is 5.85. The van der Waals surface area contributed by atoms with Gasteiger partial charge in [-0.2, -0.15) is 0 Å². The van der Waals surface area contributed by atoms with Crippen molar-refractivity contribution >= 4 is 17.7 Å². The van der Waals surface area contributed by atoms with Gasteiger partial charge in [-0.25, -0.2) is 0 Å². The summed E-state index contributed by atoms with van der Waals surface area (Å²) in [7, 11) is 3.20. The molecule has 0 heterocycles. The molecule has 19 heavy (non-hydrogen) atoms. The molecule has 1 amide bonds. The van der Waals surface area contributed by atoms with Crippen LogP contribution in [0, 0.1) is 0 Å². The van der Waals surface area contributed by atoms with Crippen LogP contribution in [0.25, 0.3) is 0 Å². The summed E-state index contributed by atoms with van der Waals surface area (Å²) in [5.74, 6) is 1.39. The van der Waals surface area contributed by atoms with Crippen molar-refractivity contribution in [2.75, 3.05) is 14.2 Å². The maximum atomic E-state index is 11.8. The number of nitrogens with one attached hydrogen (secondary N) is 1. The third-order valence-electron chi connectivity index (χ3n) is 2.47. The van der Waals surface area contributed by atoms with E-state index in [-0.39, 0.29) is 17.2 Å². The van der Waals surface area contributed by atoms with Gasteiger partial charge in [-0.05, 0) is 39.0 Å². The van der Waals surface area contributed by atoms with E-state index in [4.69, 9.17) is 9.47 Å². The summed E-state index contributed by atoms with van der Waals surface area (Å²) >= 11 is 1.49. The molecule has 0 fully saturated rings. The minimum absolute atomic E-state index is 0.0368. The third-order valence-corrected chi connectivity index (χ3v) is 3.56. The van der Waals surface area contributed by atoms with E-state index in [0.717, 1.165) is 4.90 Å². The number of amides is 1. The topological polar surface area (TPSA) is 47.6 Å². The fourth-order valence-corrected chi connectivity index (χ4v) is 2.45. The number of methoxy groups -OCH3 is 2. The van der Waals surface area contributed by atoms with E-state index in [0.29, 0.717) is 11.5 Å². The molecule has 1 rings (SSSR count). The van der Waals surface area contributed by atoms with E-state index in [9.17, 15) is 4.79 Å². The number of hydrogen-bond acceptors (Lipinski definition) is 4. The zero-order valence-electron chi connectivity index (χ0n) is 12.0. The Labute approximate surface area is 118 Å². The first-order valence-corrected chi connectivity index (χ1v) is 7.05. The first-order valence-electron chi connectivity index (χ1n) is 6.17. The number of rotatable bonds is 6. The SMILES string of the molecule is COc1ccc(SC(C)C(=O)NC(C)C)cc1OC. The van der Waals surface area contributed by atoms with Crippen molar-refractivity contribution in [3.05, 3.63) is 18.2 Å². The lowest BCUT2D eigenvalue weighted by atomic mass is 10.3. The summed E-state index contributed by atoms with van der Waals surface area (Å²) < 4.78 is 10.4. The van der Waals surface area contributed by atoms with Crippen LogP contribution in [-0.4, -0.2) is 31.4 Å². The molecule has 0 radical (unpaired) electrons. The predicted molar refractivity (Wildman–Crippen MR) is 78.1 cm³/mol. The van der Waals surface area contributed by atoms with Crippen LogP contribution in [0.4, 0.5) is 0 Å². The van der Waals surface area contributed by atoms with Crippen LogP contribution in [0.5, 0.6) is 11.5 Å². The Morgan fingerprint density at radius 1 is 1.16 bits per heavy atom. The number of thioether (sulfide) groups is 1. The fraction of sp³-hybridized carbons (Fsp3) is 0.500. The van der Waals surface area contributed by atoms with Gasteiger partial charge in [0.1, 0.15) is 0 Å². The molecule has 1 unspecified atom stereocenters. The lowest BCUT2D eigenvalue weighted by molar-refractivity contribution is -0.120. The number of hydrogen-bond donors (Lipinski definition) is 1. The van der Waals surface area contributed by atoms with E-state index in [1.54, 1.807) is 14.2 Å². The van der Waals surface area contributed by atoms with Crippen molar-refractivity contribution in [1.29, 1.82) is 0 Å². The molecule has 0 aliphatic heterocycles. The molecule has 0 aliphatic carbocycles. The van der Waals surface area contributed by atoms with Gasteiger partial charge in [0.05, 0.1) is 19.5 Å². The molecule has 4 nitrogen and oxygen atoms in total. The molecule has 1 atom stereocenters. The standard InChI is InChI=1S/C14H21NO3S/c1-9(2)15-14(16)10(3)19-11-6-7-12(17-4)13(8-11)18-5/h6-10H,1-5H3,(H,15,16). The highest BCUT2D eigenvalue weighted by Gasteiger charge is 2.16. The minimum Gasteiger partial charge on any atom is -0.493 e. The number of benzene rings is 1. The Balaban J connectivity index is 2.74. The number of ether oxygens (including phenoxy) is 2. The zero-order valence-corrected chi connectivity index (χ0v) is 12.8. The molecule has 1 aromatic carbocycles. The number of carbonyl (C=O) groups excluding carboxylic acids is 1. The number of carbonyl (C=O) groups is 1. The molecule has 0 bridgehead atoms. The second kappa shape index (κ2) is 7.28. The first-order chi connectivity index (χ1) is 8.97. The van der Waals surface area contributed by atoms with Crippen LogP contribution >= 0.6 is 11.8 Å². The van der Waals surface area contributed by atoms with Gasteiger partial charge in [0.2, 0.25) is 5.91 Å². The van der Waals surface area contributed by atoms with Crippen molar-refractivity contribution in [2.24, 2.45) is 0 Å². The van der Waals surface area contributed by atoms with E-state index in [1.807, 2.05) is 39.0 Å². The maximum absolute atomic E-state index is 11.8. The molecule has 106 valence electrons. The highest BCUT2D eigenvalue weighted by atomic mass is 32.2. The van der Waals surface area contributed by atoms with Gasteiger partial charge in [-0.3, -0.25) is 4.79 Å². The highest BCUT2D eigenvalue weighted by molar-refractivity contribution is 8.00. The summed E-state index contributed by atoms with van der Waals surface area (Å²) in [4.78, 5) is 12.8. The van der Waals surface area contributed by atoms with E-state index in [1.165, 1.54) is 11.8 Å². The van der Waals surface area contributed by atoms with Gasteiger partial charge in [-0.15, -0.1) is 11.8 Å². The average Bonchev–Trinajstić information content (AvgIpc) is 2.37. The molecule has 0 saturated carbocycles. The molecule has 1 aromatic rings. The van der Waals surface area contributed by atoms with E-state index >= 15 is 0 Å². The highest BCUT2D eigenvalue weighted by Crippen LogP contribution is 2.33. The Kier molecular flexibility index (Phi) is 6.02.